The highest BCUT2D eigenvalue weighted by molar-refractivity contribution is 6.02. The van der Waals surface area contributed by atoms with Gasteiger partial charge in [-0.1, -0.05) is 12.2 Å². The van der Waals surface area contributed by atoms with E-state index in [1.165, 1.54) is 0 Å². The summed E-state index contributed by atoms with van der Waals surface area (Å²) in [5.74, 6) is 1.07. The maximum Gasteiger partial charge on any atom is 0.167 e. The molecule has 2 aliphatic rings. The van der Waals surface area contributed by atoms with Crippen molar-refractivity contribution < 1.29 is 9.53 Å². The van der Waals surface area contributed by atoms with Gasteiger partial charge in [0, 0.05) is 12.0 Å². The fraction of sp³-hybridized carbons (Fsp3) is 0.400. The number of ketones is 1. The topological polar surface area (TPSA) is 38.3 Å². The van der Waals surface area contributed by atoms with Crippen molar-refractivity contribution in [3.05, 3.63) is 35.4 Å². The van der Waals surface area contributed by atoms with Gasteiger partial charge in [0.15, 0.2) is 5.78 Å². The van der Waals surface area contributed by atoms with Crippen molar-refractivity contribution in [3.8, 4) is 5.75 Å². The Balaban J connectivity index is 1.78. The number of carbonyl (C=O) groups excluding carboxylic acids is 1. The molecule has 3 heteroatoms. The Morgan fingerprint density at radius 3 is 2.89 bits per heavy atom. The number of piperidine rings is 1. The minimum Gasteiger partial charge on any atom is -0.490 e. The lowest BCUT2D eigenvalue weighted by Crippen LogP contribution is -2.34. The molecular formula is C15H17NO2. The van der Waals surface area contributed by atoms with Gasteiger partial charge in [0.25, 0.3) is 0 Å². The van der Waals surface area contributed by atoms with E-state index < -0.39 is 0 Å². The summed E-state index contributed by atoms with van der Waals surface area (Å²) in [6, 6.07) is 5.78. The molecule has 0 aromatic heterocycles. The summed E-state index contributed by atoms with van der Waals surface area (Å²) in [6.07, 6.45) is 6.83. The van der Waals surface area contributed by atoms with E-state index in [9.17, 15) is 4.79 Å². The van der Waals surface area contributed by atoms with Crippen molar-refractivity contribution in [1.29, 1.82) is 0 Å². The van der Waals surface area contributed by atoms with Crippen LogP contribution in [0.5, 0.6) is 5.75 Å². The molecule has 0 amide bonds. The van der Waals surface area contributed by atoms with Crippen LogP contribution in [-0.4, -0.2) is 25.0 Å². The molecule has 1 heterocycles. The van der Waals surface area contributed by atoms with Gasteiger partial charge in [0.2, 0.25) is 0 Å². The number of allylic oxidation sites excluding steroid dienone is 1. The second-order valence-electron chi connectivity index (χ2n) is 4.85. The van der Waals surface area contributed by atoms with E-state index in [2.05, 4.69) is 5.32 Å². The highest BCUT2D eigenvalue weighted by atomic mass is 16.5. The molecule has 3 rings (SSSR count). The average Bonchev–Trinajstić information content (AvgIpc) is 2.40. The molecule has 94 valence electrons. The zero-order valence-corrected chi connectivity index (χ0v) is 10.3. The molecule has 0 radical (unpaired) electrons. The standard InChI is InChI=1S/C15H17NO2/c17-15-3-1-2-11-10-13(4-5-14(11)15)18-12-6-8-16-9-7-12/h1-2,4-5,10,12,16H,3,6-9H2. The van der Waals surface area contributed by atoms with Gasteiger partial charge in [0.1, 0.15) is 11.9 Å². The summed E-state index contributed by atoms with van der Waals surface area (Å²) >= 11 is 0. The zero-order valence-electron chi connectivity index (χ0n) is 10.3. The molecule has 0 unspecified atom stereocenters. The van der Waals surface area contributed by atoms with Crippen molar-refractivity contribution in [2.24, 2.45) is 0 Å². The predicted octanol–water partition coefficient (Wildman–Crippen LogP) is 2.42. The number of nitrogens with one attached hydrogen (secondary N) is 1. The lowest BCUT2D eigenvalue weighted by atomic mass is 9.96. The van der Waals surface area contributed by atoms with Gasteiger partial charge in [0.05, 0.1) is 0 Å². The van der Waals surface area contributed by atoms with Crippen LogP contribution in [0.2, 0.25) is 0 Å². The Morgan fingerprint density at radius 1 is 1.22 bits per heavy atom. The Morgan fingerprint density at radius 2 is 2.06 bits per heavy atom. The minimum atomic E-state index is 0.195. The number of ether oxygens (including phenoxy) is 1. The van der Waals surface area contributed by atoms with E-state index in [1.807, 2.05) is 30.4 Å². The number of fused-ring (bicyclic) bond motifs is 1. The number of benzene rings is 1. The van der Waals surface area contributed by atoms with Gasteiger partial charge in [-0.25, -0.2) is 0 Å². The molecule has 0 spiro atoms. The van der Waals surface area contributed by atoms with Crippen LogP contribution < -0.4 is 10.1 Å². The zero-order chi connectivity index (χ0) is 12.4. The summed E-state index contributed by atoms with van der Waals surface area (Å²) in [5.41, 5.74) is 1.80. The smallest absolute Gasteiger partial charge is 0.167 e. The Kier molecular flexibility index (Phi) is 3.15. The molecule has 1 saturated heterocycles. The van der Waals surface area contributed by atoms with E-state index >= 15 is 0 Å². The Bertz CT molecular complexity index is 487. The minimum absolute atomic E-state index is 0.195. The van der Waals surface area contributed by atoms with Gasteiger partial charge < -0.3 is 10.1 Å². The molecular weight excluding hydrogens is 226 g/mol. The highest BCUT2D eigenvalue weighted by Crippen LogP contribution is 2.25. The number of hydrogen-bond acceptors (Lipinski definition) is 3. The van der Waals surface area contributed by atoms with Crippen LogP contribution in [0.1, 0.15) is 35.2 Å². The molecule has 1 aliphatic carbocycles. The molecule has 18 heavy (non-hydrogen) atoms. The number of rotatable bonds is 2. The van der Waals surface area contributed by atoms with Gasteiger partial charge in [-0.3, -0.25) is 4.79 Å². The van der Waals surface area contributed by atoms with Crippen molar-refractivity contribution >= 4 is 11.9 Å². The summed E-state index contributed by atoms with van der Waals surface area (Å²) in [7, 11) is 0. The quantitative estimate of drug-likeness (QED) is 0.867. The third-order valence-corrected chi connectivity index (χ3v) is 3.51. The lowest BCUT2D eigenvalue weighted by molar-refractivity contribution is 0.0994. The Hall–Kier alpha value is -1.61. The SMILES string of the molecule is O=C1CC=Cc2cc(OC3CCNCC3)ccc21. The van der Waals surface area contributed by atoms with Crippen molar-refractivity contribution in [3.63, 3.8) is 0 Å². The summed E-state index contributed by atoms with van der Waals surface area (Å²) in [6.45, 7) is 2.04. The van der Waals surface area contributed by atoms with Gasteiger partial charge in [-0.2, -0.15) is 0 Å². The second kappa shape index (κ2) is 4.94. The van der Waals surface area contributed by atoms with Crippen molar-refractivity contribution in [1.82, 2.24) is 5.32 Å². The first-order chi connectivity index (χ1) is 8.83. The number of Topliss-reactive ketones (excluding diaryl/α,β-unsaturated/α-hetero) is 1. The molecule has 1 N–H and O–H groups in total. The summed E-state index contributed by atoms with van der Waals surface area (Å²) < 4.78 is 5.97. The van der Waals surface area contributed by atoms with E-state index in [-0.39, 0.29) is 5.78 Å². The van der Waals surface area contributed by atoms with E-state index in [4.69, 9.17) is 4.74 Å². The first kappa shape index (κ1) is 11.5. The van der Waals surface area contributed by atoms with E-state index in [0.717, 1.165) is 42.8 Å². The molecule has 3 nitrogen and oxygen atoms in total. The second-order valence-corrected chi connectivity index (χ2v) is 4.85. The van der Waals surface area contributed by atoms with Gasteiger partial charge in [-0.05, 0) is 49.7 Å². The molecule has 1 aromatic carbocycles. The van der Waals surface area contributed by atoms with E-state index in [1.54, 1.807) is 0 Å². The van der Waals surface area contributed by atoms with Crippen molar-refractivity contribution in [2.75, 3.05) is 13.1 Å². The van der Waals surface area contributed by atoms with Crippen LogP contribution in [0.15, 0.2) is 24.3 Å². The largest absolute Gasteiger partial charge is 0.490 e. The molecule has 0 atom stereocenters. The fourth-order valence-electron chi connectivity index (χ4n) is 2.51. The summed E-state index contributed by atoms with van der Waals surface area (Å²) in [5, 5.41) is 3.32. The normalized spacial score (nSPS) is 19.7. The highest BCUT2D eigenvalue weighted by Gasteiger charge is 2.17. The van der Waals surface area contributed by atoms with Crippen LogP contribution in [0.25, 0.3) is 6.08 Å². The average molecular weight is 243 g/mol. The Labute approximate surface area is 107 Å². The van der Waals surface area contributed by atoms with Gasteiger partial charge in [-0.15, -0.1) is 0 Å². The first-order valence-corrected chi connectivity index (χ1v) is 6.54. The predicted molar refractivity (Wildman–Crippen MR) is 70.9 cm³/mol. The van der Waals surface area contributed by atoms with Crippen molar-refractivity contribution in [2.45, 2.75) is 25.4 Å². The third kappa shape index (κ3) is 2.31. The maximum absolute atomic E-state index is 11.7. The molecule has 1 aliphatic heterocycles. The summed E-state index contributed by atoms with van der Waals surface area (Å²) in [4.78, 5) is 11.7. The number of hydrogen-bond donors (Lipinski definition) is 1. The monoisotopic (exact) mass is 243 g/mol. The maximum atomic E-state index is 11.7. The van der Waals surface area contributed by atoms with Gasteiger partial charge >= 0.3 is 0 Å². The third-order valence-electron chi connectivity index (χ3n) is 3.51. The number of carbonyl (C=O) groups is 1. The fourth-order valence-corrected chi connectivity index (χ4v) is 2.51. The van der Waals surface area contributed by atoms with Crippen LogP contribution in [0.4, 0.5) is 0 Å². The molecule has 1 fully saturated rings. The molecule has 1 aromatic rings. The molecule has 0 bridgehead atoms. The lowest BCUT2D eigenvalue weighted by Gasteiger charge is -2.24. The molecule has 0 saturated carbocycles. The van der Waals surface area contributed by atoms with Crippen LogP contribution in [-0.2, 0) is 0 Å². The van der Waals surface area contributed by atoms with Crippen LogP contribution in [0, 0.1) is 0 Å². The van der Waals surface area contributed by atoms with E-state index in [0.29, 0.717) is 12.5 Å². The van der Waals surface area contributed by atoms with Crippen LogP contribution >= 0.6 is 0 Å². The first-order valence-electron chi connectivity index (χ1n) is 6.54. The van der Waals surface area contributed by atoms with Crippen LogP contribution in [0.3, 0.4) is 0 Å².